The number of hydrogen-bond acceptors (Lipinski definition) is 3. The second-order valence-corrected chi connectivity index (χ2v) is 4.29. The maximum Gasteiger partial charge on any atom is 0.209 e. The molecule has 0 amide bonds. The summed E-state index contributed by atoms with van der Waals surface area (Å²) in [6.07, 6.45) is 4.39. The first-order valence-corrected chi connectivity index (χ1v) is 5.30. The smallest absolute Gasteiger partial charge is 0.209 e. The lowest BCUT2D eigenvalue weighted by atomic mass is 10.3. The Morgan fingerprint density at radius 2 is 2.33 bits per heavy atom. The largest absolute Gasteiger partial charge is 0.264 e. The van der Waals surface area contributed by atoms with E-state index >= 15 is 0 Å². The zero-order valence-electron chi connectivity index (χ0n) is 6.69. The summed E-state index contributed by atoms with van der Waals surface area (Å²) in [4.78, 5) is 3.85. The Kier molecular flexibility index (Phi) is 2.78. The van der Waals surface area contributed by atoms with Gasteiger partial charge in [-0.2, -0.15) is 0 Å². The maximum absolute atomic E-state index is 10.7. The van der Waals surface area contributed by atoms with Crippen molar-refractivity contribution < 1.29 is 8.42 Å². The molecule has 12 heavy (non-hydrogen) atoms. The van der Waals surface area contributed by atoms with E-state index in [4.69, 9.17) is 0 Å². The van der Waals surface area contributed by atoms with Crippen molar-refractivity contribution in [1.29, 1.82) is 0 Å². The van der Waals surface area contributed by atoms with E-state index in [-0.39, 0.29) is 0 Å². The Morgan fingerprint density at radius 3 is 2.83 bits per heavy atom. The van der Waals surface area contributed by atoms with E-state index in [0.717, 1.165) is 11.8 Å². The van der Waals surface area contributed by atoms with Crippen LogP contribution in [0.4, 0.5) is 0 Å². The van der Waals surface area contributed by atoms with Crippen molar-refractivity contribution in [3.05, 3.63) is 30.1 Å². The highest BCUT2D eigenvalue weighted by Crippen LogP contribution is 1.94. The van der Waals surface area contributed by atoms with Crippen molar-refractivity contribution in [3.63, 3.8) is 0 Å². The third-order valence-corrected chi connectivity index (χ3v) is 1.93. The summed E-state index contributed by atoms with van der Waals surface area (Å²) in [6.45, 7) is 0.298. The van der Waals surface area contributed by atoms with E-state index < -0.39 is 10.0 Å². The van der Waals surface area contributed by atoms with Gasteiger partial charge in [0.25, 0.3) is 0 Å². The van der Waals surface area contributed by atoms with Gasteiger partial charge >= 0.3 is 0 Å². The molecule has 66 valence electrons. The van der Waals surface area contributed by atoms with Gasteiger partial charge in [0, 0.05) is 18.9 Å². The summed E-state index contributed by atoms with van der Waals surface area (Å²) in [5, 5.41) is 0. The van der Waals surface area contributed by atoms with Crippen LogP contribution >= 0.6 is 0 Å². The Hall–Kier alpha value is -0.940. The zero-order chi connectivity index (χ0) is 9.03. The fourth-order valence-electron chi connectivity index (χ4n) is 0.717. The second-order valence-electron chi connectivity index (χ2n) is 2.45. The Balaban J connectivity index is 2.56. The monoisotopic (exact) mass is 186 g/mol. The van der Waals surface area contributed by atoms with E-state index in [2.05, 4.69) is 9.71 Å². The van der Waals surface area contributed by atoms with Crippen LogP contribution in [0.5, 0.6) is 0 Å². The van der Waals surface area contributed by atoms with Crippen molar-refractivity contribution in [2.75, 3.05) is 6.26 Å². The van der Waals surface area contributed by atoms with Crippen molar-refractivity contribution in [1.82, 2.24) is 9.71 Å². The van der Waals surface area contributed by atoms with Crippen molar-refractivity contribution in [2.45, 2.75) is 6.54 Å². The summed E-state index contributed by atoms with van der Waals surface area (Å²) >= 11 is 0. The number of pyridine rings is 1. The lowest BCUT2D eigenvalue weighted by Gasteiger charge is -2.00. The van der Waals surface area contributed by atoms with Crippen molar-refractivity contribution >= 4 is 10.0 Å². The third-order valence-electron chi connectivity index (χ3n) is 1.26. The highest BCUT2D eigenvalue weighted by Gasteiger charge is 1.99. The maximum atomic E-state index is 10.7. The minimum absolute atomic E-state index is 0.298. The summed E-state index contributed by atoms with van der Waals surface area (Å²) in [5.41, 5.74) is 0.850. The molecule has 1 aromatic heterocycles. The molecule has 0 spiro atoms. The average molecular weight is 186 g/mol. The van der Waals surface area contributed by atoms with Gasteiger partial charge in [0.1, 0.15) is 0 Å². The zero-order valence-corrected chi connectivity index (χ0v) is 7.50. The number of nitrogens with one attached hydrogen (secondary N) is 1. The predicted octanol–water partition coefficient (Wildman–Crippen LogP) is 0.131. The number of sulfonamides is 1. The fraction of sp³-hybridized carbons (Fsp3) is 0.286. The van der Waals surface area contributed by atoms with E-state index in [1.165, 1.54) is 0 Å². The van der Waals surface area contributed by atoms with Crippen LogP contribution in [0.2, 0.25) is 0 Å². The topological polar surface area (TPSA) is 59.1 Å². The minimum atomic E-state index is -3.10. The first-order valence-electron chi connectivity index (χ1n) is 3.41. The second kappa shape index (κ2) is 3.64. The van der Waals surface area contributed by atoms with Gasteiger partial charge in [-0.1, -0.05) is 6.07 Å². The fourth-order valence-corrected chi connectivity index (χ4v) is 1.15. The molecule has 1 heterocycles. The molecule has 0 aromatic carbocycles. The summed E-state index contributed by atoms with van der Waals surface area (Å²) in [6, 6.07) is 3.57. The molecule has 0 radical (unpaired) electrons. The first-order chi connectivity index (χ1) is 5.58. The normalized spacial score (nSPS) is 11.4. The number of aromatic nitrogens is 1. The molecule has 0 unspecified atom stereocenters. The molecule has 0 saturated heterocycles. The van der Waals surface area contributed by atoms with Crippen molar-refractivity contribution in [2.24, 2.45) is 0 Å². The molecule has 5 heteroatoms. The van der Waals surface area contributed by atoms with Crippen LogP contribution in [0.15, 0.2) is 24.5 Å². The van der Waals surface area contributed by atoms with Gasteiger partial charge in [0.05, 0.1) is 6.26 Å². The van der Waals surface area contributed by atoms with Gasteiger partial charge in [-0.15, -0.1) is 0 Å². The van der Waals surface area contributed by atoms with Gasteiger partial charge in [-0.05, 0) is 11.6 Å². The van der Waals surface area contributed by atoms with Gasteiger partial charge in [0.2, 0.25) is 10.0 Å². The molecule has 0 bridgehead atoms. The molecule has 1 aromatic rings. The molecule has 1 rings (SSSR count). The molecule has 0 fully saturated rings. The van der Waals surface area contributed by atoms with E-state index in [1.807, 2.05) is 6.07 Å². The Bertz CT molecular complexity index is 334. The Morgan fingerprint density at radius 1 is 1.58 bits per heavy atom. The minimum Gasteiger partial charge on any atom is -0.264 e. The molecular formula is C7H10N2O2S. The molecule has 0 saturated carbocycles. The van der Waals surface area contributed by atoms with Gasteiger partial charge in [-0.3, -0.25) is 4.98 Å². The molecule has 1 N–H and O–H groups in total. The van der Waals surface area contributed by atoms with Crippen LogP contribution < -0.4 is 4.72 Å². The highest BCUT2D eigenvalue weighted by molar-refractivity contribution is 7.88. The van der Waals surface area contributed by atoms with E-state index in [0.29, 0.717) is 6.54 Å². The molecule has 0 aliphatic heterocycles. The van der Waals surface area contributed by atoms with Gasteiger partial charge in [0.15, 0.2) is 0 Å². The van der Waals surface area contributed by atoms with Crippen LogP contribution in [-0.4, -0.2) is 19.7 Å². The molecular weight excluding hydrogens is 176 g/mol. The summed E-state index contributed by atoms with van der Waals surface area (Å²) in [5.74, 6) is 0. The standard InChI is InChI=1S/C7H10N2O2S/c1-12(10,11)9-6-7-3-2-4-8-5-7/h2-5,9H,6H2,1H3. The number of nitrogens with zero attached hydrogens (tertiary/aromatic N) is 1. The number of rotatable bonds is 3. The van der Waals surface area contributed by atoms with Gasteiger partial charge in [-0.25, -0.2) is 13.1 Å². The first kappa shape index (κ1) is 9.15. The number of hydrogen-bond donors (Lipinski definition) is 1. The lowest BCUT2D eigenvalue weighted by molar-refractivity contribution is 0.587. The summed E-state index contributed by atoms with van der Waals surface area (Å²) in [7, 11) is -3.10. The van der Waals surface area contributed by atoms with Crippen LogP contribution in [0.3, 0.4) is 0 Å². The lowest BCUT2D eigenvalue weighted by Crippen LogP contribution is -2.21. The summed E-state index contributed by atoms with van der Waals surface area (Å²) < 4.78 is 23.7. The Labute approximate surface area is 71.7 Å². The van der Waals surface area contributed by atoms with Crippen LogP contribution in [0.25, 0.3) is 0 Å². The van der Waals surface area contributed by atoms with Crippen LogP contribution in [-0.2, 0) is 16.6 Å². The average Bonchev–Trinajstić information content (AvgIpc) is 2.02. The highest BCUT2D eigenvalue weighted by atomic mass is 32.2. The SMILES string of the molecule is CS(=O)(=O)NCc1cccnc1. The molecule has 0 atom stereocenters. The quantitative estimate of drug-likeness (QED) is 0.730. The molecule has 0 aliphatic rings. The van der Waals surface area contributed by atoms with Crippen LogP contribution in [0, 0.1) is 0 Å². The molecule has 0 aliphatic carbocycles. The van der Waals surface area contributed by atoms with E-state index in [9.17, 15) is 8.42 Å². The third kappa shape index (κ3) is 3.45. The van der Waals surface area contributed by atoms with Crippen LogP contribution in [0.1, 0.15) is 5.56 Å². The molecule has 4 nitrogen and oxygen atoms in total. The predicted molar refractivity (Wildman–Crippen MR) is 45.9 cm³/mol. The van der Waals surface area contributed by atoms with Crippen molar-refractivity contribution in [3.8, 4) is 0 Å². The van der Waals surface area contributed by atoms with E-state index in [1.54, 1.807) is 18.5 Å². The van der Waals surface area contributed by atoms with Gasteiger partial charge < -0.3 is 0 Å².